The van der Waals surface area contributed by atoms with Crippen LogP contribution in [0.1, 0.15) is 11.1 Å². The number of amides is 2. The van der Waals surface area contributed by atoms with Gasteiger partial charge in [0.1, 0.15) is 5.84 Å². The zero-order valence-corrected chi connectivity index (χ0v) is 15.9. The minimum Gasteiger partial charge on any atom is -0.384 e. The Labute approximate surface area is 168 Å². The number of carbonyl (C=O) groups excluding carboxylic acids is 1. The Bertz CT molecular complexity index is 945. The summed E-state index contributed by atoms with van der Waals surface area (Å²) in [6.07, 6.45) is 0. The maximum atomic E-state index is 12.2. The fourth-order valence-corrected chi connectivity index (χ4v) is 3.20. The van der Waals surface area contributed by atoms with Gasteiger partial charge in [0.05, 0.1) is 0 Å². The van der Waals surface area contributed by atoms with E-state index in [1.165, 1.54) is 17.5 Å². The molecule has 0 saturated carbocycles. The van der Waals surface area contributed by atoms with Crippen molar-refractivity contribution in [3.63, 3.8) is 0 Å². The third-order valence-electron chi connectivity index (χ3n) is 3.85. The molecule has 2 amide bonds. The molecule has 6 N–H and O–H groups in total. The van der Waals surface area contributed by atoms with Crippen molar-refractivity contribution in [3.05, 3.63) is 90.0 Å². The topological polar surface area (TPSA) is 103 Å². The summed E-state index contributed by atoms with van der Waals surface area (Å²) in [7, 11) is 0. The summed E-state index contributed by atoms with van der Waals surface area (Å²) in [5, 5.41) is 13.0. The van der Waals surface area contributed by atoms with E-state index >= 15 is 0 Å². The highest BCUT2D eigenvalue weighted by Crippen LogP contribution is 2.20. The van der Waals surface area contributed by atoms with Gasteiger partial charge in [0.15, 0.2) is 0 Å². The van der Waals surface area contributed by atoms with Crippen molar-refractivity contribution in [1.82, 2.24) is 4.72 Å². The molecule has 0 radical (unpaired) electrons. The van der Waals surface area contributed by atoms with Gasteiger partial charge in [0, 0.05) is 28.4 Å². The Balaban J connectivity index is 1.51. The minimum atomic E-state index is -0.338. The summed E-state index contributed by atoms with van der Waals surface area (Å²) in [5.41, 5.74) is 8.56. The summed E-state index contributed by atoms with van der Waals surface area (Å²) in [5.74, 6) is -0.00816. The summed E-state index contributed by atoms with van der Waals surface area (Å²) in [6, 6.07) is 24.2. The number of nitrogens with two attached hydrogens (primary N) is 1. The van der Waals surface area contributed by atoms with E-state index in [4.69, 9.17) is 11.1 Å². The number of urea groups is 1. The Kier molecular flexibility index (Phi) is 6.67. The van der Waals surface area contributed by atoms with Crippen molar-refractivity contribution in [1.29, 1.82) is 5.41 Å². The molecule has 7 heteroatoms. The van der Waals surface area contributed by atoms with Crippen molar-refractivity contribution < 1.29 is 4.79 Å². The number of nitrogens with one attached hydrogen (secondary N) is 4. The van der Waals surface area contributed by atoms with Crippen LogP contribution >= 0.6 is 11.9 Å². The molecule has 0 bridgehead atoms. The summed E-state index contributed by atoms with van der Waals surface area (Å²) < 4.78 is 3.31. The van der Waals surface area contributed by atoms with Gasteiger partial charge in [-0.2, -0.15) is 0 Å². The van der Waals surface area contributed by atoms with Crippen LogP contribution in [0.2, 0.25) is 0 Å². The largest absolute Gasteiger partial charge is 0.384 e. The Morgan fingerprint density at radius 3 is 2.32 bits per heavy atom. The molecule has 0 aliphatic rings. The predicted molar refractivity (Wildman–Crippen MR) is 116 cm³/mol. The van der Waals surface area contributed by atoms with Gasteiger partial charge in [0.2, 0.25) is 0 Å². The van der Waals surface area contributed by atoms with Gasteiger partial charge < -0.3 is 16.4 Å². The number of anilines is 2. The Morgan fingerprint density at radius 2 is 1.61 bits per heavy atom. The van der Waals surface area contributed by atoms with E-state index in [0.29, 0.717) is 16.9 Å². The highest BCUT2D eigenvalue weighted by Gasteiger charge is 2.05. The van der Waals surface area contributed by atoms with E-state index in [1.807, 2.05) is 42.5 Å². The monoisotopic (exact) mass is 391 g/mol. The van der Waals surface area contributed by atoms with Crippen LogP contribution in [0.15, 0.2) is 83.8 Å². The van der Waals surface area contributed by atoms with Gasteiger partial charge in [0.25, 0.3) is 0 Å². The van der Waals surface area contributed by atoms with Crippen molar-refractivity contribution in [3.8, 4) is 0 Å². The first-order valence-corrected chi connectivity index (χ1v) is 9.48. The molecular formula is C21H21N5OS. The van der Waals surface area contributed by atoms with Gasteiger partial charge in [-0.15, -0.1) is 0 Å². The van der Waals surface area contributed by atoms with Gasteiger partial charge in [-0.3, -0.25) is 10.1 Å². The van der Waals surface area contributed by atoms with Gasteiger partial charge in [-0.1, -0.05) is 36.4 Å². The molecule has 142 valence electrons. The smallest absolute Gasteiger partial charge is 0.323 e. The second-order valence-corrected chi connectivity index (χ2v) is 6.97. The maximum Gasteiger partial charge on any atom is 0.323 e. The Morgan fingerprint density at radius 1 is 0.893 bits per heavy atom. The summed E-state index contributed by atoms with van der Waals surface area (Å²) >= 11 is 1.51. The average Bonchev–Trinajstić information content (AvgIpc) is 2.69. The van der Waals surface area contributed by atoms with Crippen molar-refractivity contribution in [2.24, 2.45) is 5.73 Å². The van der Waals surface area contributed by atoms with E-state index in [1.54, 1.807) is 24.3 Å². The van der Waals surface area contributed by atoms with Crippen molar-refractivity contribution in [2.45, 2.75) is 11.4 Å². The zero-order valence-electron chi connectivity index (χ0n) is 15.1. The number of amidine groups is 1. The number of rotatable bonds is 7. The second kappa shape index (κ2) is 9.59. The third kappa shape index (κ3) is 5.87. The molecular weight excluding hydrogens is 370 g/mol. The van der Waals surface area contributed by atoms with Gasteiger partial charge >= 0.3 is 6.03 Å². The van der Waals surface area contributed by atoms with Crippen LogP contribution in [-0.4, -0.2) is 11.9 Å². The van der Waals surface area contributed by atoms with E-state index in [-0.39, 0.29) is 11.9 Å². The van der Waals surface area contributed by atoms with Crippen LogP contribution in [0.25, 0.3) is 0 Å². The second-order valence-electron chi connectivity index (χ2n) is 6.01. The standard InChI is InChI=1S/C21H21N5OS/c22-20(23)16-9-11-17(12-10-16)25-21(27)26-18-7-4-8-19(13-18)28-24-14-15-5-2-1-3-6-15/h1-13,24H,14H2,(H3,22,23)(H2,25,26,27). The van der Waals surface area contributed by atoms with Crippen molar-refractivity contribution >= 4 is 35.2 Å². The molecule has 0 atom stereocenters. The average molecular weight is 392 g/mol. The molecule has 28 heavy (non-hydrogen) atoms. The molecule has 0 aliphatic heterocycles. The van der Waals surface area contributed by atoms with Crippen LogP contribution in [0, 0.1) is 5.41 Å². The molecule has 6 nitrogen and oxygen atoms in total. The van der Waals surface area contributed by atoms with E-state index < -0.39 is 0 Å². The lowest BCUT2D eigenvalue weighted by Crippen LogP contribution is -2.19. The first kappa shape index (κ1) is 19.5. The predicted octanol–water partition coefficient (Wildman–Crippen LogP) is 4.41. The quantitative estimate of drug-likeness (QED) is 0.234. The van der Waals surface area contributed by atoms with Crippen LogP contribution < -0.4 is 21.1 Å². The molecule has 0 fully saturated rings. The molecule has 0 unspecified atom stereocenters. The molecule has 0 heterocycles. The molecule has 0 saturated heterocycles. The third-order valence-corrected chi connectivity index (χ3v) is 4.63. The first-order chi connectivity index (χ1) is 13.6. The lowest BCUT2D eigenvalue weighted by molar-refractivity contribution is 0.262. The molecule has 3 aromatic rings. The van der Waals surface area contributed by atoms with E-state index in [0.717, 1.165) is 11.4 Å². The number of carbonyl (C=O) groups is 1. The minimum absolute atomic E-state index is 0.00816. The lowest BCUT2D eigenvalue weighted by atomic mass is 10.2. The van der Waals surface area contributed by atoms with Crippen LogP contribution in [0.3, 0.4) is 0 Å². The number of hydrogen-bond acceptors (Lipinski definition) is 4. The molecule has 3 rings (SSSR count). The summed E-state index contributed by atoms with van der Waals surface area (Å²) in [4.78, 5) is 13.2. The zero-order chi connectivity index (χ0) is 19.8. The maximum absolute atomic E-state index is 12.2. The lowest BCUT2D eigenvalue weighted by Gasteiger charge is -2.10. The SMILES string of the molecule is N=C(N)c1ccc(NC(=O)Nc2cccc(SNCc3ccccc3)c2)cc1. The van der Waals surface area contributed by atoms with Crippen LogP contribution in [0.5, 0.6) is 0 Å². The van der Waals surface area contributed by atoms with E-state index in [9.17, 15) is 4.79 Å². The highest BCUT2D eigenvalue weighted by molar-refractivity contribution is 7.97. The van der Waals surface area contributed by atoms with Crippen LogP contribution in [-0.2, 0) is 6.54 Å². The number of hydrogen-bond donors (Lipinski definition) is 5. The first-order valence-electron chi connectivity index (χ1n) is 8.66. The Hall–Kier alpha value is -3.29. The van der Waals surface area contributed by atoms with Gasteiger partial charge in [-0.05, 0) is 60.0 Å². The molecule has 0 spiro atoms. The molecule has 0 aliphatic carbocycles. The van der Waals surface area contributed by atoms with E-state index in [2.05, 4.69) is 27.5 Å². The van der Waals surface area contributed by atoms with Crippen LogP contribution in [0.4, 0.5) is 16.2 Å². The normalized spacial score (nSPS) is 10.3. The number of nitrogen functional groups attached to an aromatic ring is 1. The van der Waals surface area contributed by atoms with Gasteiger partial charge in [-0.25, -0.2) is 4.79 Å². The van der Waals surface area contributed by atoms with Crippen molar-refractivity contribution in [2.75, 3.05) is 10.6 Å². The fourth-order valence-electron chi connectivity index (χ4n) is 2.46. The molecule has 3 aromatic carbocycles. The number of benzene rings is 3. The summed E-state index contributed by atoms with van der Waals surface area (Å²) in [6.45, 7) is 0.750. The molecule has 0 aromatic heterocycles. The highest BCUT2D eigenvalue weighted by atomic mass is 32.2. The fraction of sp³-hybridized carbons (Fsp3) is 0.0476.